The van der Waals surface area contributed by atoms with Crippen LogP contribution in [-0.4, -0.2) is 53.0 Å². The molecule has 4 aliphatic rings. The zero-order valence-electron chi connectivity index (χ0n) is 21.2. The van der Waals surface area contributed by atoms with Gasteiger partial charge in [0.15, 0.2) is 0 Å². The summed E-state index contributed by atoms with van der Waals surface area (Å²) < 4.78 is 24.7. The number of rotatable bonds is 6. The Kier molecular flexibility index (Phi) is 5.20. The van der Waals surface area contributed by atoms with Crippen molar-refractivity contribution in [2.75, 3.05) is 19.7 Å². The molecule has 36 heavy (non-hydrogen) atoms. The van der Waals surface area contributed by atoms with Gasteiger partial charge in [0.25, 0.3) is 0 Å². The molecule has 8 nitrogen and oxygen atoms in total. The van der Waals surface area contributed by atoms with Crippen molar-refractivity contribution in [2.24, 2.45) is 11.8 Å². The highest BCUT2D eigenvalue weighted by Gasteiger charge is 2.74. The van der Waals surface area contributed by atoms with E-state index in [9.17, 15) is 4.79 Å². The second-order valence-corrected chi connectivity index (χ2v) is 10.9. The quantitative estimate of drug-likeness (QED) is 0.581. The maximum absolute atomic E-state index is 12.8. The normalized spacial score (nSPS) is 28.6. The van der Waals surface area contributed by atoms with Crippen molar-refractivity contribution in [2.45, 2.75) is 64.3 Å². The van der Waals surface area contributed by atoms with Crippen molar-refractivity contribution >= 4 is 6.09 Å². The summed E-state index contributed by atoms with van der Waals surface area (Å²) in [5.41, 5.74) is 2.72. The molecule has 3 heterocycles. The Balaban J connectivity index is 1.22. The van der Waals surface area contributed by atoms with E-state index in [1.807, 2.05) is 27.0 Å². The predicted octanol–water partition coefficient (Wildman–Crippen LogP) is 4.69. The molecule has 1 aromatic carbocycles. The summed E-state index contributed by atoms with van der Waals surface area (Å²) in [6, 6.07) is 7.48. The lowest BCUT2D eigenvalue weighted by Gasteiger charge is -2.63. The molecule has 2 saturated carbocycles. The Morgan fingerprint density at radius 3 is 2.75 bits per heavy atom. The Morgan fingerprint density at radius 2 is 2.11 bits per heavy atom. The fraction of sp³-hybridized carbons (Fsp3) is 0.536. The molecular formula is C28H31N3O5. The Morgan fingerprint density at radius 1 is 1.31 bits per heavy atom. The molecule has 1 amide bonds. The zero-order valence-corrected chi connectivity index (χ0v) is 21.2. The van der Waals surface area contributed by atoms with Crippen LogP contribution in [0.4, 0.5) is 4.79 Å². The van der Waals surface area contributed by atoms with Crippen LogP contribution in [0.15, 0.2) is 24.4 Å². The number of carbonyl (C=O) groups is 1. The minimum absolute atomic E-state index is 0.0380. The molecule has 2 saturated heterocycles. The lowest BCUT2D eigenvalue weighted by Crippen LogP contribution is -2.76. The number of likely N-dealkylation sites (tertiary alicyclic amines) is 1. The number of amides is 1. The number of aromatic nitrogens is 1. The van der Waals surface area contributed by atoms with Crippen LogP contribution in [0.3, 0.4) is 0 Å². The maximum atomic E-state index is 12.8. The standard InChI is InChI=1S/C28H31N3O5/c1-5-19-12-30-25(34-22-7-6-18(11-29)10-16(22)2)17(3)23(19)35-24-20-13-31(15-28(20)21(24)14-33-28)26(32)36-27(4)8-9-27/h6-7,10,12,20-21,24H,5,8-9,13-15H2,1-4H3. The Labute approximate surface area is 211 Å². The number of hydrogen-bond donors (Lipinski definition) is 0. The summed E-state index contributed by atoms with van der Waals surface area (Å²) in [6.45, 7) is 9.73. The number of nitriles is 1. The summed E-state index contributed by atoms with van der Waals surface area (Å²) in [4.78, 5) is 19.1. The lowest BCUT2D eigenvalue weighted by atomic mass is 9.57. The Hall–Kier alpha value is -3.31. The van der Waals surface area contributed by atoms with Gasteiger partial charge in [-0.05, 0) is 63.8 Å². The molecular weight excluding hydrogens is 458 g/mol. The number of benzene rings is 1. The van der Waals surface area contributed by atoms with E-state index >= 15 is 0 Å². The summed E-state index contributed by atoms with van der Waals surface area (Å²) >= 11 is 0. The largest absolute Gasteiger partial charge is 0.489 e. The second kappa shape index (κ2) is 8.10. The Bertz CT molecular complexity index is 1280. The molecule has 8 heteroatoms. The van der Waals surface area contributed by atoms with Crippen LogP contribution in [0.25, 0.3) is 0 Å². The zero-order chi connectivity index (χ0) is 25.2. The van der Waals surface area contributed by atoms with E-state index in [2.05, 4.69) is 18.0 Å². The highest BCUT2D eigenvalue weighted by molar-refractivity contribution is 5.69. The molecule has 6 rings (SSSR count). The van der Waals surface area contributed by atoms with Gasteiger partial charge >= 0.3 is 6.09 Å². The fourth-order valence-corrected chi connectivity index (χ4v) is 5.81. The highest BCUT2D eigenvalue weighted by atomic mass is 16.6. The molecule has 4 atom stereocenters. The van der Waals surface area contributed by atoms with Gasteiger partial charge in [0.1, 0.15) is 28.8 Å². The summed E-state index contributed by atoms with van der Waals surface area (Å²) in [7, 11) is 0. The first-order chi connectivity index (χ1) is 17.3. The van der Waals surface area contributed by atoms with Crippen LogP contribution in [0.1, 0.15) is 48.9 Å². The summed E-state index contributed by atoms with van der Waals surface area (Å²) in [5, 5.41) is 9.14. The van der Waals surface area contributed by atoms with E-state index in [4.69, 9.17) is 24.2 Å². The fourth-order valence-electron chi connectivity index (χ4n) is 5.81. The van der Waals surface area contributed by atoms with Crippen molar-refractivity contribution < 1.29 is 23.7 Å². The smallest absolute Gasteiger partial charge is 0.410 e. The van der Waals surface area contributed by atoms with Crippen LogP contribution in [0, 0.1) is 37.0 Å². The van der Waals surface area contributed by atoms with Gasteiger partial charge in [-0.15, -0.1) is 0 Å². The van der Waals surface area contributed by atoms with Crippen molar-refractivity contribution in [1.29, 1.82) is 5.26 Å². The van der Waals surface area contributed by atoms with Crippen molar-refractivity contribution in [1.82, 2.24) is 9.88 Å². The first-order valence-electron chi connectivity index (χ1n) is 12.7. The van der Waals surface area contributed by atoms with Crippen LogP contribution < -0.4 is 9.47 Å². The third-order valence-corrected chi connectivity index (χ3v) is 8.42. The van der Waals surface area contributed by atoms with E-state index in [-0.39, 0.29) is 35.2 Å². The van der Waals surface area contributed by atoms with Crippen molar-refractivity contribution in [3.63, 3.8) is 0 Å². The number of ether oxygens (including phenoxy) is 4. The molecule has 0 bridgehead atoms. The number of pyridine rings is 1. The molecule has 1 aromatic heterocycles. The molecule has 0 N–H and O–H groups in total. The van der Waals surface area contributed by atoms with Crippen LogP contribution in [-0.2, 0) is 15.9 Å². The van der Waals surface area contributed by atoms with Gasteiger partial charge in [-0.25, -0.2) is 9.78 Å². The van der Waals surface area contributed by atoms with Crippen molar-refractivity contribution in [3.8, 4) is 23.4 Å². The first-order valence-corrected chi connectivity index (χ1v) is 12.7. The predicted molar refractivity (Wildman–Crippen MR) is 130 cm³/mol. The van der Waals surface area contributed by atoms with Gasteiger partial charge in [0.05, 0.1) is 36.3 Å². The third-order valence-electron chi connectivity index (χ3n) is 8.42. The number of nitrogens with zero attached hydrogens (tertiary/aromatic N) is 3. The SMILES string of the molecule is CCc1cnc(Oc2ccc(C#N)cc2C)c(C)c1OC1C2COC23CN(C(=O)OC2(C)CC2)CC13. The van der Waals surface area contributed by atoms with Crippen LogP contribution >= 0.6 is 0 Å². The minimum Gasteiger partial charge on any atom is -0.489 e. The number of hydrogen-bond acceptors (Lipinski definition) is 7. The number of aryl methyl sites for hydroxylation is 2. The molecule has 4 fully saturated rings. The first kappa shape index (κ1) is 23.1. The van der Waals surface area contributed by atoms with Gasteiger partial charge in [-0.2, -0.15) is 5.26 Å². The topological polar surface area (TPSA) is 93.9 Å². The van der Waals surface area contributed by atoms with Gasteiger partial charge < -0.3 is 23.8 Å². The van der Waals surface area contributed by atoms with E-state index in [1.54, 1.807) is 23.1 Å². The number of carbonyl (C=O) groups excluding carboxylic acids is 1. The van der Waals surface area contributed by atoms with E-state index < -0.39 is 0 Å². The molecule has 2 aliphatic heterocycles. The molecule has 1 spiro atoms. The monoisotopic (exact) mass is 489 g/mol. The molecule has 2 aliphatic carbocycles. The minimum atomic E-state index is -0.305. The summed E-state index contributed by atoms with van der Waals surface area (Å²) in [5.74, 6) is 2.30. The molecule has 0 radical (unpaired) electrons. The third kappa shape index (κ3) is 3.52. The maximum Gasteiger partial charge on any atom is 0.410 e. The average molecular weight is 490 g/mol. The molecule has 4 unspecified atom stereocenters. The second-order valence-electron chi connectivity index (χ2n) is 10.9. The molecule has 188 valence electrons. The van der Waals surface area contributed by atoms with E-state index in [1.165, 1.54) is 0 Å². The lowest BCUT2D eigenvalue weighted by molar-refractivity contribution is -0.323. The van der Waals surface area contributed by atoms with Gasteiger partial charge in [0, 0.05) is 24.2 Å². The average Bonchev–Trinajstić information content (AvgIpc) is 3.44. The van der Waals surface area contributed by atoms with E-state index in [0.717, 1.165) is 41.7 Å². The van der Waals surface area contributed by atoms with Gasteiger partial charge in [0.2, 0.25) is 5.88 Å². The van der Waals surface area contributed by atoms with Crippen LogP contribution in [0.5, 0.6) is 17.4 Å². The van der Waals surface area contributed by atoms with Gasteiger partial charge in [-0.3, -0.25) is 0 Å². The molecule has 2 aromatic rings. The van der Waals surface area contributed by atoms with Crippen molar-refractivity contribution in [3.05, 3.63) is 46.6 Å². The van der Waals surface area contributed by atoms with E-state index in [0.29, 0.717) is 36.9 Å². The highest BCUT2D eigenvalue weighted by Crippen LogP contribution is 2.60. The van der Waals surface area contributed by atoms with Gasteiger partial charge in [-0.1, -0.05) is 6.92 Å². The van der Waals surface area contributed by atoms with Crippen LogP contribution in [0.2, 0.25) is 0 Å². The summed E-state index contributed by atoms with van der Waals surface area (Å²) in [6.07, 6.45) is 4.17.